The van der Waals surface area contributed by atoms with Crippen LogP contribution in [0.25, 0.3) is 0 Å². The predicted molar refractivity (Wildman–Crippen MR) is 45.9 cm³/mol. The molecule has 0 saturated heterocycles. The highest BCUT2D eigenvalue weighted by atomic mass is 14.2. The average Bonchev–Trinajstić information content (AvgIpc) is 1.94. The monoisotopic (exact) mass is 136 g/mol. The van der Waals surface area contributed by atoms with Gasteiger partial charge >= 0.3 is 0 Å². The summed E-state index contributed by atoms with van der Waals surface area (Å²) in [5, 5.41) is 0. The second kappa shape index (κ2) is 3.05. The summed E-state index contributed by atoms with van der Waals surface area (Å²) >= 11 is 0. The molecule has 1 atom stereocenters. The largest absolute Gasteiger partial charge is 0.0956 e. The summed E-state index contributed by atoms with van der Waals surface area (Å²) in [4.78, 5) is 0. The van der Waals surface area contributed by atoms with E-state index in [1.165, 1.54) is 30.4 Å². The lowest BCUT2D eigenvalue weighted by atomic mass is 9.84. The van der Waals surface area contributed by atoms with E-state index in [-0.39, 0.29) is 0 Å². The van der Waals surface area contributed by atoms with Crippen LogP contribution in [0.3, 0.4) is 0 Å². The van der Waals surface area contributed by atoms with Gasteiger partial charge in [0, 0.05) is 0 Å². The molecule has 0 aliphatic heterocycles. The highest BCUT2D eigenvalue weighted by Crippen LogP contribution is 2.30. The zero-order chi connectivity index (χ0) is 7.56. The zero-order valence-corrected chi connectivity index (χ0v) is 6.98. The normalized spacial score (nSPS) is 31.2. The van der Waals surface area contributed by atoms with Crippen LogP contribution in [-0.4, -0.2) is 0 Å². The minimum atomic E-state index is 0.872. The number of allylic oxidation sites excluding steroid dienone is 3. The summed E-state index contributed by atoms with van der Waals surface area (Å²) < 4.78 is 0. The predicted octanol–water partition coefficient (Wildman–Crippen LogP) is 3.31. The van der Waals surface area contributed by atoms with E-state index in [0.717, 1.165) is 5.92 Å². The Morgan fingerprint density at radius 3 is 2.80 bits per heavy atom. The lowest BCUT2D eigenvalue weighted by Crippen LogP contribution is -2.06. The van der Waals surface area contributed by atoms with Gasteiger partial charge in [0.1, 0.15) is 0 Å². The Morgan fingerprint density at radius 2 is 2.30 bits per heavy atom. The van der Waals surface area contributed by atoms with Crippen molar-refractivity contribution < 1.29 is 0 Å². The first-order chi connectivity index (χ1) is 4.74. The van der Waals surface area contributed by atoms with E-state index >= 15 is 0 Å². The van der Waals surface area contributed by atoms with Gasteiger partial charge in [-0.2, -0.15) is 0 Å². The molecule has 1 aliphatic carbocycles. The van der Waals surface area contributed by atoms with Crippen molar-refractivity contribution in [1.29, 1.82) is 0 Å². The van der Waals surface area contributed by atoms with Crippen molar-refractivity contribution in [3.05, 3.63) is 23.8 Å². The van der Waals surface area contributed by atoms with Crippen molar-refractivity contribution >= 4 is 0 Å². The molecule has 0 aromatic rings. The molecule has 0 N–H and O–H groups in total. The van der Waals surface area contributed by atoms with Crippen LogP contribution in [0.2, 0.25) is 0 Å². The third kappa shape index (κ3) is 1.50. The van der Waals surface area contributed by atoms with Crippen molar-refractivity contribution in [2.75, 3.05) is 0 Å². The fourth-order valence-corrected chi connectivity index (χ4v) is 1.52. The fraction of sp³-hybridized carbons (Fsp3) is 0.600. The molecule has 10 heavy (non-hydrogen) atoms. The maximum Gasteiger partial charge on any atom is -0.0254 e. The third-order valence-electron chi connectivity index (χ3n) is 2.31. The molecule has 1 fully saturated rings. The molecule has 1 aliphatic rings. The first kappa shape index (κ1) is 7.59. The van der Waals surface area contributed by atoms with Crippen LogP contribution in [0.4, 0.5) is 0 Å². The van der Waals surface area contributed by atoms with Gasteiger partial charge in [-0.1, -0.05) is 25.2 Å². The van der Waals surface area contributed by atoms with Crippen LogP contribution in [0.1, 0.15) is 33.1 Å². The minimum Gasteiger partial charge on any atom is -0.0956 e. The van der Waals surface area contributed by atoms with Crippen LogP contribution >= 0.6 is 0 Å². The molecule has 56 valence electrons. The molecule has 0 aromatic carbocycles. The van der Waals surface area contributed by atoms with E-state index in [9.17, 15) is 0 Å². The highest BCUT2D eigenvalue weighted by Gasteiger charge is 2.14. The summed E-state index contributed by atoms with van der Waals surface area (Å²) in [6.45, 7) is 8.46. The van der Waals surface area contributed by atoms with Crippen LogP contribution in [0, 0.1) is 5.92 Å². The van der Waals surface area contributed by atoms with E-state index in [0.29, 0.717) is 0 Å². The maximum absolute atomic E-state index is 4.03. The summed E-state index contributed by atoms with van der Waals surface area (Å²) in [5.41, 5.74) is 2.85. The standard InChI is InChI=1S/C10H16/c1-4-10-7-8(2)5-6-9(10)3/h4,8H,3,5-7H2,1-2H3/b10-4-. The van der Waals surface area contributed by atoms with Gasteiger partial charge in [-0.15, -0.1) is 0 Å². The maximum atomic E-state index is 4.03. The molecule has 0 heteroatoms. The van der Waals surface area contributed by atoms with Crippen molar-refractivity contribution in [3.8, 4) is 0 Å². The van der Waals surface area contributed by atoms with Crippen LogP contribution < -0.4 is 0 Å². The van der Waals surface area contributed by atoms with Crippen molar-refractivity contribution in [2.24, 2.45) is 5.92 Å². The SMILES string of the molecule is C=C1CCC(C)C/C1=C/C. The van der Waals surface area contributed by atoms with Gasteiger partial charge in [-0.25, -0.2) is 0 Å². The van der Waals surface area contributed by atoms with E-state index < -0.39 is 0 Å². The van der Waals surface area contributed by atoms with Crippen molar-refractivity contribution in [3.63, 3.8) is 0 Å². The van der Waals surface area contributed by atoms with Crippen LogP contribution in [-0.2, 0) is 0 Å². The topological polar surface area (TPSA) is 0 Å². The molecule has 1 saturated carbocycles. The lowest BCUT2D eigenvalue weighted by Gasteiger charge is -2.22. The van der Waals surface area contributed by atoms with E-state index in [1.54, 1.807) is 0 Å². The highest BCUT2D eigenvalue weighted by molar-refractivity contribution is 5.29. The zero-order valence-electron chi connectivity index (χ0n) is 6.98. The molecular formula is C10H16. The second-order valence-corrected chi connectivity index (χ2v) is 3.27. The van der Waals surface area contributed by atoms with Gasteiger partial charge in [0.05, 0.1) is 0 Å². The summed E-state index contributed by atoms with van der Waals surface area (Å²) in [6.07, 6.45) is 5.99. The fourth-order valence-electron chi connectivity index (χ4n) is 1.52. The molecule has 0 amide bonds. The van der Waals surface area contributed by atoms with Crippen LogP contribution in [0.5, 0.6) is 0 Å². The second-order valence-electron chi connectivity index (χ2n) is 3.27. The van der Waals surface area contributed by atoms with Gasteiger partial charge in [0.2, 0.25) is 0 Å². The average molecular weight is 136 g/mol. The summed E-state index contributed by atoms with van der Waals surface area (Å²) in [5.74, 6) is 0.872. The van der Waals surface area contributed by atoms with E-state index in [1.807, 2.05) is 0 Å². The quantitative estimate of drug-likeness (QED) is 0.479. The Morgan fingerprint density at radius 1 is 1.60 bits per heavy atom. The summed E-state index contributed by atoms with van der Waals surface area (Å²) in [7, 11) is 0. The van der Waals surface area contributed by atoms with Crippen molar-refractivity contribution in [1.82, 2.24) is 0 Å². The lowest BCUT2D eigenvalue weighted by molar-refractivity contribution is 0.498. The molecule has 0 spiro atoms. The Labute approximate surface area is 63.6 Å². The Kier molecular flexibility index (Phi) is 2.31. The van der Waals surface area contributed by atoms with Gasteiger partial charge < -0.3 is 0 Å². The summed E-state index contributed by atoms with van der Waals surface area (Å²) in [6, 6.07) is 0. The van der Waals surface area contributed by atoms with Gasteiger partial charge in [-0.3, -0.25) is 0 Å². The number of rotatable bonds is 0. The molecule has 0 nitrogen and oxygen atoms in total. The molecule has 0 radical (unpaired) electrons. The van der Waals surface area contributed by atoms with Crippen molar-refractivity contribution in [2.45, 2.75) is 33.1 Å². The molecule has 1 rings (SSSR count). The van der Waals surface area contributed by atoms with E-state index in [4.69, 9.17) is 0 Å². The number of hydrogen-bond acceptors (Lipinski definition) is 0. The molecule has 0 heterocycles. The first-order valence-corrected chi connectivity index (χ1v) is 4.07. The molecular weight excluding hydrogens is 120 g/mol. The Balaban J connectivity index is 2.63. The van der Waals surface area contributed by atoms with Gasteiger partial charge in [-0.05, 0) is 37.7 Å². The molecule has 1 unspecified atom stereocenters. The van der Waals surface area contributed by atoms with Crippen LogP contribution in [0.15, 0.2) is 23.8 Å². The van der Waals surface area contributed by atoms with Gasteiger partial charge in [0.25, 0.3) is 0 Å². The Bertz CT molecular complexity index is 163. The molecule has 0 bridgehead atoms. The first-order valence-electron chi connectivity index (χ1n) is 4.07. The third-order valence-corrected chi connectivity index (χ3v) is 2.31. The van der Waals surface area contributed by atoms with Gasteiger partial charge in [0.15, 0.2) is 0 Å². The molecule has 0 aromatic heterocycles. The smallest absolute Gasteiger partial charge is 0.0254 e. The van der Waals surface area contributed by atoms with E-state index in [2.05, 4.69) is 26.5 Å². The minimum absolute atomic E-state index is 0.872. The number of hydrogen-bond donors (Lipinski definition) is 0. The Hall–Kier alpha value is -0.520.